The van der Waals surface area contributed by atoms with Crippen LogP contribution in [0.2, 0.25) is 0 Å². The second-order valence-corrected chi connectivity index (χ2v) is 4.42. The molecule has 17 heavy (non-hydrogen) atoms. The van der Waals surface area contributed by atoms with Gasteiger partial charge >= 0.3 is 5.97 Å². The first kappa shape index (κ1) is 11.9. The number of carbonyl (C=O) groups is 1. The van der Waals surface area contributed by atoms with Gasteiger partial charge in [-0.25, -0.2) is 9.48 Å². The van der Waals surface area contributed by atoms with Crippen LogP contribution in [0.1, 0.15) is 28.9 Å². The van der Waals surface area contributed by atoms with E-state index in [1.807, 2.05) is 0 Å². The first-order chi connectivity index (χ1) is 8.09. The lowest BCUT2D eigenvalue weighted by molar-refractivity contribution is 0.0697. The first-order valence-electron chi connectivity index (χ1n) is 5.88. The van der Waals surface area contributed by atoms with Crippen LogP contribution in [0.3, 0.4) is 0 Å². The summed E-state index contributed by atoms with van der Waals surface area (Å²) in [6.45, 7) is 5.44. The average Bonchev–Trinajstić information content (AvgIpc) is 2.84. The lowest BCUT2D eigenvalue weighted by atomic mass is 10.2. The minimum Gasteiger partial charge on any atom is -0.477 e. The molecule has 0 aromatic carbocycles. The molecule has 1 fully saturated rings. The number of hydrogen-bond donors (Lipinski definition) is 2. The van der Waals surface area contributed by atoms with E-state index in [0.717, 1.165) is 19.6 Å². The number of aromatic nitrogens is 2. The van der Waals surface area contributed by atoms with Crippen LogP contribution < -0.4 is 5.73 Å². The average molecular weight is 238 g/mol. The molecular formula is C11H18N4O2. The molecule has 1 aromatic heterocycles. The monoisotopic (exact) mass is 238 g/mol. The number of nitrogens with two attached hydrogens (primary N) is 1. The Bertz CT molecular complexity index is 421. The molecule has 0 bridgehead atoms. The highest BCUT2D eigenvalue weighted by molar-refractivity contribution is 5.93. The molecule has 1 aliphatic heterocycles. The van der Waals surface area contributed by atoms with Gasteiger partial charge in [0, 0.05) is 6.54 Å². The van der Waals surface area contributed by atoms with E-state index in [9.17, 15) is 4.79 Å². The van der Waals surface area contributed by atoms with Gasteiger partial charge in [0.1, 0.15) is 11.4 Å². The summed E-state index contributed by atoms with van der Waals surface area (Å²) >= 11 is 0. The van der Waals surface area contributed by atoms with E-state index in [1.54, 1.807) is 11.6 Å². The van der Waals surface area contributed by atoms with Gasteiger partial charge in [0.15, 0.2) is 0 Å². The zero-order valence-corrected chi connectivity index (χ0v) is 10.0. The van der Waals surface area contributed by atoms with Crippen molar-refractivity contribution in [3.05, 3.63) is 11.3 Å². The number of anilines is 1. The number of carboxylic acid groups (broad SMARTS) is 1. The van der Waals surface area contributed by atoms with E-state index in [-0.39, 0.29) is 11.4 Å². The molecule has 0 spiro atoms. The van der Waals surface area contributed by atoms with Crippen molar-refractivity contribution in [1.82, 2.24) is 14.7 Å². The summed E-state index contributed by atoms with van der Waals surface area (Å²) in [5, 5.41) is 13.2. The van der Waals surface area contributed by atoms with E-state index in [4.69, 9.17) is 10.8 Å². The number of aryl methyl sites for hydroxylation is 1. The van der Waals surface area contributed by atoms with Gasteiger partial charge in [-0.2, -0.15) is 5.10 Å². The molecule has 3 N–H and O–H groups in total. The largest absolute Gasteiger partial charge is 0.477 e. The van der Waals surface area contributed by atoms with E-state index in [1.165, 1.54) is 12.8 Å². The van der Waals surface area contributed by atoms with Gasteiger partial charge in [0.2, 0.25) is 0 Å². The highest BCUT2D eigenvalue weighted by atomic mass is 16.4. The summed E-state index contributed by atoms with van der Waals surface area (Å²) in [5.74, 6) is -0.749. The summed E-state index contributed by atoms with van der Waals surface area (Å²) in [7, 11) is 0. The second-order valence-electron chi connectivity index (χ2n) is 4.42. The van der Waals surface area contributed by atoms with Gasteiger partial charge in [-0.05, 0) is 32.9 Å². The molecule has 6 heteroatoms. The molecule has 0 atom stereocenters. The van der Waals surface area contributed by atoms with Crippen LogP contribution in [0.5, 0.6) is 0 Å². The molecule has 1 aromatic rings. The van der Waals surface area contributed by atoms with Crippen molar-refractivity contribution in [3.8, 4) is 0 Å². The van der Waals surface area contributed by atoms with Gasteiger partial charge < -0.3 is 15.7 Å². The van der Waals surface area contributed by atoms with Crippen LogP contribution in [0.25, 0.3) is 0 Å². The number of rotatable bonds is 4. The molecule has 0 unspecified atom stereocenters. The minimum atomic E-state index is -1.01. The van der Waals surface area contributed by atoms with Gasteiger partial charge in [0.05, 0.1) is 12.2 Å². The fraction of sp³-hybridized carbons (Fsp3) is 0.636. The maximum absolute atomic E-state index is 11.0. The normalized spacial score (nSPS) is 16.5. The van der Waals surface area contributed by atoms with Crippen molar-refractivity contribution in [2.24, 2.45) is 0 Å². The first-order valence-corrected chi connectivity index (χ1v) is 5.88. The number of hydrogen-bond acceptors (Lipinski definition) is 4. The van der Waals surface area contributed by atoms with Crippen LogP contribution in [0.4, 0.5) is 5.82 Å². The van der Waals surface area contributed by atoms with Crippen molar-refractivity contribution in [1.29, 1.82) is 0 Å². The Kier molecular flexibility index (Phi) is 3.33. The Labute approximate surface area is 100 Å². The summed E-state index contributed by atoms with van der Waals surface area (Å²) in [6.07, 6.45) is 2.49. The van der Waals surface area contributed by atoms with Crippen LogP contribution in [-0.2, 0) is 6.54 Å². The summed E-state index contributed by atoms with van der Waals surface area (Å²) < 4.78 is 1.59. The molecule has 0 amide bonds. The van der Waals surface area contributed by atoms with Gasteiger partial charge in [-0.15, -0.1) is 0 Å². The predicted molar refractivity (Wildman–Crippen MR) is 64.0 cm³/mol. The zero-order chi connectivity index (χ0) is 12.4. The summed E-state index contributed by atoms with van der Waals surface area (Å²) in [6, 6.07) is 0. The smallest absolute Gasteiger partial charge is 0.341 e. The second kappa shape index (κ2) is 4.75. The van der Waals surface area contributed by atoms with Gasteiger partial charge in [-0.3, -0.25) is 0 Å². The number of nitrogen functional groups attached to an aromatic ring is 1. The minimum absolute atomic E-state index is 0.131. The molecule has 1 saturated heterocycles. The predicted octanol–water partition coefficient (Wildman–Crippen LogP) is 0.568. The topological polar surface area (TPSA) is 84.4 Å². The lowest BCUT2D eigenvalue weighted by Gasteiger charge is -2.14. The number of aromatic carboxylic acids is 1. The molecule has 1 aliphatic rings. The van der Waals surface area contributed by atoms with Crippen molar-refractivity contribution >= 4 is 11.8 Å². The highest BCUT2D eigenvalue weighted by Crippen LogP contribution is 2.16. The lowest BCUT2D eigenvalue weighted by Crippen LogP contribution is -2.25. The number of likely N-dealkylation sites (tertiary alicyclic amines) is 1. The van der Waals surface area contributed by atoms with Gasteiger partial charge in [0.25, 0.3) is 0 Å². The molecule has 94 valence electrons. The zero-order valence-electron chi connectivity index (χ0n) is 10.0. The SMILES string of the molecule is Cc1nn(CCN2CCCC2)c(N)c1C(=O)O. The Balaban J connectivity index is 2.05. The van der Waals surface area contributed by atoms with E-state index in [2.05, 4.69) is 10.00 Å². The van der Waals surface area contributed by atoms with Crippen molar-refractivity contribution in [2.45, 2.75) is 26.3 Å². The molecule has 6 nitrogen and oxygen atoms in total. The maximum Gasteiger partial charge on any atom is 0.341 e. The number of carboxylic acids is 1. The quantitative estimate of drug-likeness (QED) is 0.801. The molecule has 0 aliphatic carbocycles. The van der Waals surface area contributed by atoms with E-state index in [0.29, 0.717) is 12.2 Å². The van der Waals surface area contributed by atoms with Crippen molar-refractivity contribution < 1.29 is 9.90 Å². The Morgan fingerprint density at radius 2 is 2.06 bits per heavy atom. The van der Waals surface area contributed by atoms with Crippen molar-refractivity contribution in [3.63, 3.8) is 0 Å². The summed E-state index contributed by atoms with van der Waals surface area (Å²) in [5.41, 5.74) is 6.40. The molecule has 2 heterocycles. The molecular weight excluding hydrogens is 220 g/mol. The number of nitrogens with zero attached hydrogens (tertiary/aromatic N) is 3. The highest BCUT2D eigenvalue weighted by Gasteiger charge is 2.19. The van der Waals surface area contributed by atoms with E-state index >= 15 is 0 Å². The van der Waals surface area contributed by atoms with E-state index < -0.39 is 5.97 Å². The van der Waals surface area contributed by atoms with Crippen LogP contribution in [0.15, 0.2) is 0 Å². The van der Waals surface area contributed by atoms with Crippen LogP contribution >= 0.6 is 0 Å². The van der Waals surface area contributed by atoms with Crippen LogP contribution in [-0.4, -0.2) is 45.4 Å². The Morgan fingerprint density at radius 1 is 1.41 bits per heavy atom. The third-order valence-electron chi connectivity index (χ3n) is 3.21. The maximum atomic E-state index is 11.0. The molecule has 0 radical (unpaired) electrons. The standard InChI is InChI=1S/C11H18N4O2/c1-8-9(11(16)17)10(12)15(13-8)7-6-14-4-2-3-5-14/h2-7,12H2,1H3,(H,16,17). The van der Waals surface area contributed by atoms with Gasteiger partial charge in [-0.1, -0.05) is 0 Å². The Hall–Kier alpha value is -1.56. The fourth-order valence-corrected chi connectivity index (χ4v) is 2.28. The Morgan fingerprint density at radius 3 is 2.59 bits per heavy atom. The molecule has 0 saturated carbocycles. The van der Waals surface area contributed by atoms with Crippen LogP contribution in [0, 0.1) is 6.92 Å². The fourth-order valence-electron chi connectivity index (χ4n) is 2.28. The third-order valence-corrected chi connectivity index (χ3v) is 3.21. The molecule has 2 rings (SSSR count). The third kappa shape index (κ3) is 2.41. The van der Waals surface area contributed by atoms with Crippen molar-refractivity contribution in [2.75, 3.05) is 25.4 Å². The summed E-state index contributed by atoms with van der Waals surface area (Å²) in [4.78, 5) is 13.3.